The Hall–Kier alpha value is -3.16. The van der Waals surface area contributed by atoms with Crippen molar-refractivity contribution in [3.63, 3.8) is 0 Å². The van der Waals surface area contributed by atoms with Gasteiger partial charge in [0.1, 0.15) is 10.7 Å². The molecule has 1 amide bonds. The van der Waals surface area contributed by atoms with E-state index in [0.717, 1.165) is 11.1 Å². The maximum Gasteiger partial charge on any atom is 0.433 e. The molecule has 1 N–H and O–H groups in total. The van der Waals surface area contributed by atoms with Gasteiger partial charge in [-0.2, -0.15) is 5.10 Å². The van der Waals surface area contributed by atoms with Gasteiger partial charge in [-0.3, -0.25) is 14.9 Å². The maximum atomic E-state index is 11.7. The molecule has 0 aliphatic heterocycles. The first-order valence-corrected chi connectivity index (χ1v) is 6.72. The largest absolute Gasteiger partial charge is 0.483 e. The van der Waals surface area contributed by atoms with Crippen molar-refractivity contribution in [1.82, 2.24) is 5.43 Å². The minimum absolute atomic E-state index is 0.160. The average Bonchev–Trinajstić information content (AvgIpc) is 2.96. The molecule has 23 heavy (non-hydrogen) atoms. The third kappa shape index (κ3) is 4.40. The van der Waals surface area contributed by atoms with Crippen molar-refractivity contribution in [2.45, 2.75) is 13.8 Å². The van der Waals surface area contributed by atoms with E-state index in [0.29, 0.717) is 5.75 Å². The highest BCUT2D eigenvalue weighted by Crippen LogP contribution is 2.22. The van der Waals surface area contributed by atoms with E-state index >= 15 is 0 Å². The summed E-state index contributed by atoms with van der Waals surface area (Å²) in [6.07, 6.45) is 1.17. The SMILES string of the molecule is Cc1cccc(C)c1OCC(=O)NN=Cc1ccc([N+](=O)[O-])o1. The van der Waals surface area contributed by atoms with Crippen molar-refractivity contribution < 1.29 is 18.9 Å². The quantitative estimate of drug-likeness (QED) is 0.500. The van der Waals surface area contributed by atoms with Gasteiger partial charge < -0.3 is 9.15 Å². The van der Waals surface area contributed by atoms with E-state index in [9.17, 15) is 14.9 Å². The molecule has 1 aromatic carbocycles. The Balaban J connectivity index is 1.85. The Morgan fingerprint density at radius 3 is 2.65 bits per heavy atom. The molecule has 0 atom stereocenters. The summed E-state index contributed by atoms with van der Waals surface area (Å²) < 4.78 is 10.3. The van der Waals surface area contributed by atoms with Gasteiger partial charge in [0.25, 0.3) is 5.91 Å². The summed E-state index contributed by atoms with van der Waals surface area (Å²) in [5, 5.41) is 14.1. The topological polar surface area (TPSA) is 107 Å². The number of carbonyl (C=O) groups is 1. The molecule has 8 nitrogen and oxygen atoms in total. The summed E-state index contributed by atoms with van der Waals surface area (Å²) >= 11 is 0. The van der Waals surface area contributed by atoms with Crippen LogP contribution in [0.25, 0.3) is 0 Å². The number of amides is 1. The first-order valence-electron chi connectivity index (χ1n) is 6.72. The van der Waals surface area contributed by atoms with Gasteiger partial charge in [0.05, 0.1) is 12.3 Å². The lowest BCUT2D eigenvalue weighted by atomic mass is 10.1. The Kier molecular flexibility index (Phi) is 5.08. The van der Waals surface area contributed by atoms with E-state index in [1.807, 2.05) is 32.0 Å². The predicted molar refractivity (Wildman–Crippen MR) is 82.5 cm³/mol. The molecule has 8 heteroatoms. The lowest BCUT2D eigenvalue weighted by Crippen LogP contribution is -2.24. The number of aryl methyl sites for hydroxylation is 2. The van der Waals surface area contributed by atoms with Crippen LogP contribution >= 0.6 is 0 Å². The fourth-order valence-electron chi connectivity index (χ4n) is 1.87. The molecule has 0 radical (unpaired) electrons. The second-order valence-electron chi connectivity index (χ2n) is 4.74. The fraction of sp³-hybridized carbons (Fsp3) is 0.200. The van der Waals surface area contributed by atoms with Crippen LogP contribution in [0.4, 0.5) is 5.88 Å². The van der Waals surface area contributed by atoms with Crippen LogP contribution in [0.3, 0.4) is 0 Å². The zero-order valence-corrected chi connectivity index (χ0v) is 12.6. The van der Waals surface area contributed by atoms with E-state index < -0.39 is 16.7 Å². The molecule has 120 valence electrons. The Morgan fingerprint density at radius 2 is 2.04 bits per heavy atom. The van der Waals surface area contributed by atoms with Crippen LogP contribution in [0.1, 0.15) is 16.9 Å². The summed E-state index contributed by atoms with van der Waals surface area (Å²) in [6, 6.07) is 8.27. The van der Waals surface area contributed by atoms with Crippen LogP contribution in [0.5, 0.6) is 5.75 Å². The van der Waals surface area contributed by atoms with Crippen LogP contribution < -0.4 is 10.2 Å². The van der Waals surface area contributed by atoms with Gasteiger partial charge in [-0.05, 0) is 31.0 Å². The van der Waals surface area contributed by atoms with Crippen molar-refractivity contribution in [2.75, 3.05) is 6.61 Å². The molecule has 0 bridgehead atoms. The fourth-order valence-corrected chi connectivity index (χ4v) is 1.87. The number of hydrogen-bond acceptors (Lipinski definition) is 6. The summed E-state index contributed by atoms with van der Waals surface area (Å²) in [5.41, 5.74) is 4.12. The summed E-state index contributed by atoms with van der Waals surface area (Å²) in [6.45, 7) is 3.59. The molecule has 0 spiro atoms. The minimum atomic E-state index is -0.658. The number of nitro groups is 1. The highest BCUT2D eigenvalue weighted by Gasteiger charge is 2.10. The summed E-state index contributed by atoms with van der Waals surface area (Å²) in [4.78, 5) is 21.4. The molecule has 2 aromatic rings. The third-order valence-corrected chi connectivity index (χ3v) is 2.93. The van der Waals surface area contributed by atoms with Gasteiger partial charge in [-0.1, -0.05) is 18.2 Å². The molecule has 1 heterocycles. The number of nitrogens with one attached hydrogen (secondary N) is 1. The molecule has 2 rings (SSSR count). The number of furan rings is 1. The van der Waals surface area contributed by atoms with E-state index in [2.05, 4.69) is 10.5 Å². The van der Waals surface area contributed by atoms with Crippen LogP contribution in [-0.4, -0.2) is 23.7 Å². The third-order valence-electron chi connectivity index (χ3n) is 2.93. The molecular formula is C15H15N3O5. The zero-order valence-electron chi connectivity index (χ0n) is 12.6. The van der Waals surface area contributed by atoms with Crippen molar-refractivity contribution in [1.29, 1.82) is 0 Å². The van der Waals surface area contributed by atoms with E-state index in [1.165, 1.54) is 18.3 Å². The number of rotatable bonds is 6. The zero-order chi connectivity index (χ0) is 16.8. The Morgan fingerprint density at radius 1 is 1.35 bits per heavy atom. The number of hydrogen-bond donors (Lipinski definition) is 1. The predicted octanol–water partition coefficient (Wildman–Crippen LogP) is 2.33. The van der Waals surface area contributed by atoms with Gasteiger partial charge in [0.2, 0.25) is 0 Å². The monoisotopic (exact) mass is 317 g/mol. The molecule has 0 unspecified atom stereocenters. The van der Waals surface area contributed by atoms with E-state index in [4.69, 9.17) is 9.15 Å². The summed E-state index contributed by atoms with van der Waals surface area (Å²) in [7, 11) is 0. The van der Waals surface area contributed by atoms with Gasteiger partial charge >= 0.3 is 5.88 Å². The molecule has 0 aliphatic rings. The minimum Gasteiger partial charge on any atom is -0.483 e. The lowest BCUT2D eigenvalue weighted by molar-refractivity contribution is -0.402. The average molecular weight is 317 g/mol. The van der Waals surface area contributed by atoms with Crippen molar-refractivity contribution >= 4 is 18.0 Å². The highest BCUT2D eigenvalue weighted by atomic mass is 16.6. The first-order chi connectivity index (χ1) is 11.0. The van der Waals surface area contributed by atoms with Gasteiger partial charge in [0.15, 0.2) is 12.4 Å². The Labute approximate surface area is 131 Å². The van der Waals surface area contributed by atoms with E-state index in [1.54, 1.807) is 0 Å². The number of para-hydroxylation sites is 1. The van der Waals surface area contributed by atoms with Gasteiger partial charge in [-0.15, -0.1) is 0 Å². The van der Waals surface area contributed by atoms with Crippen molar-refractivity contribution in [3.05, 3.63) is 57.3 Å². The maximum absolute atomic E-state index is 11.7. The second-order valence-corrected chi connectivity index (χ2v) is 4.74. The molecule has 0 aliphatic carbocycles. The normalized spacial score (nSPS) is 10.7. The molecular weight excluding hydrogens is 302 g/mol. The van der Waals surface area contributed by atoms with Crippen LogP contribution in [0.2, 0.25) is 0 Å². The van der Waals surface area contributed by atoms with Gasteiger partial charge in [-0.25, -0.2) is 5.43 Å². The smallest absolute Gasteiger partial charge is 0.433 e. The number of carbonyl (C=O) groups excluding carboxylic acids is 1. The van der Waals surface area contributed by atoms with Crippen LogP contribution in [0, 0.1) is 24.0 Å². The molecule has 0 saturated carbocycles. The Bertz CT molecular complexity index is 731. The van der Waals surface area contributed by atoms with Crippen LogP contribution in [-0.2, 0) is 4.79 Å². The first kappa shape index (κ1) is 16.2. The van der Waals surface area contributed by atoms with E-state index in [-0.39, 0.29) is 12.4 Å². The second kappa shape index (κ2) is 7.21. The molecule has 0 saturated heterocycles. The number of nitrogens with zero attached hydrogens (tertiary/aromatic N) is 2. The molecule has 0 fully saturated rings. The highest BCUT2D eigenvalue weighted by molar-refractivity contribution is 5.81. The number of hydrazone groups is 1. The number of benzene rings is 1. The van der Waals surface area contributed by atoms with Crippen molar-refractivity contribution in [2.24, 2.45) is 5.10 Å². The molecule has 1 aromatic heterocycles. The number of ether oxygens (including phenoxy) is 1. The standard InChI is InChI=1S/C15H15N3O5/c1-10-4-3-5-11(2)15(10)22-9-13(19)17-16-8-12-6-7-14(23-12)18(20)21/h3-8H,9H2,1-2H3,(H,17,19). The van der Waals surface area contributed by atoms with Crippen LogP contribution in [0.15, 0.2) is 39.9 Å². The summed E-state index contributed by atoms with van der Waals surface area (Å²) in [5.74, 6) is -0.0259. The van der Waals surface area contributed by atoms with Gasteiger partial charge in [0, 0.05) is 0 Å². The van der Waals surface area contributed by atoms with Crippen molar-refractivity contribution in [3.8, 4) is 5.75 Å². The lowest BCUT2D eigenvalue weighted by Gasteiger charge is -2.10.